The first-order chi connectivity index (χ1) is 30.2. The van der Waals surface area contributed by atoms with Crippen LogP contribution in [0.5, 0.6) is 0 Å². The molecule has 3 heteroatoms. The van der Waals surface area contributed by atoms with Gasteiger partial charge in [-0.25, -0.2) is 0 Å². The molecule has 0 spiro atoms. The van der Waals surface area contributed by atoms with E-state index in [4.69, 9.17) is 8.83 Å². The summed E-state index contributed by atoms with van der Waals surface area (Å²) in [6.07, 6.45) is 2.88. The fraction of sp³-hybridized carbons (Fsp3) is 0.0690. The molecule has 2 heterocycles. The first-order valence-corrected chi connectivity index (χ1v) is 21.3. The summed E-state index contributed by atoms with van der Waals surface area (Å²) in [6.45, 7) is 0. The Morgan fingerprint density at radius 1 is 0.426 bits per heavy atom. The molecule has 0 amide bonds. The van der Waals surface area contributed by atoms with Gasteiger partial charge in [-0.1, -0.05) is 146 Å². The SMILES string of the molecule is c1ccc(-c2cccc3c2C(Cc2ccc(N(c4ccccc4)c4ccc5c(c4)oc4ccccc45)cc2)CCc2cc4oc5ccccc5c4c(-c4ccccc4)c2-3)cc1. The zero-order valence-corrected chi connectivity index (χ0v) is 33.6. The van der Waals surface area contributed by atoms with Crippen molar-refractivity contribution in [3.8, 4) is 33.4 Å². The first-order valence-electron chi connectivity index (χ1n) is 21.3. The topological polar surface area (TPSA) is 29.5 Å². The number of fused-ring (bicyclic) bond motifs is 9. The molecule has 2 aromatic heterocycles. The Labute approximate surface area is 354 Å². The minimum atomic E-state index is 0.275. The number of rotatable bonds is 7. The molecule has 61 heavy (non-hydrogen) atoms. The monoisotopic (exact) mass is 783 g/mol. The molecule has 290 valence electrons. The average molecular weight is 784 g/mol. The highest BCUT2D eigenvalue weighted by Crippen LogP contribution is 2.51. The predicted molar refractivity (Wildman–Crippen MR) is 253 cm³/mol. The van der Waals surface area contributed by atoms with Crippen molar-refractivity contribution in [1.82, 2.24) is 0 Å². The van der Waals surface area contributed by atoms with E-state index in [1.807, 2.05) is 12.1 Å². The van der Waals surface area contributed by atoms with Gasteiger partial charge in [0.15, 0.2) is 0 Å². The minimum absolute atomic E-state index is 0.275. The maximum atomic E-state index is 6.64. The molecule has 0 saturated carbocycles. The summed E-state index contributed by atoms with van der Waals surface area (Å²) >= 11 is 0. The van der Waals surface area contributed by atoms with Crippen LogP contribution in [0.25, 0.3) is 77.3 Å². The van der Waals surface area contributed by atoms with Crippen LogP contribution in [0.3, 0.4) is 0 Å². The molecular weight excluding hydrogens is 743 g/mol. The van der Waals surface area contributed by atoms with Crippen molar-refractivity contribution in [3.05, 3.63) is 223 Å². The molecule has 9 aromatic carbocycles. The third kappa shape index (κ3) is 6.04. The zero-order valence-electron chi connectivity index (χ0n) is 33.6. The van der Waals surface area contributed by atoms with Gasteiger partial charge in [-0.3, -0.25) is 0 Å². The number of anilines is 3. The van der Waals surface area contributed by atoms with E-state index < -0.39 is 0 Å². The van der Waals surface area contributed by atoms with E-state index in [-0.39, 0.29) is 5.92 Å². The highest BCUT2D eigenvalue weighted by Gasteiger charge is 2.30. The van der Waals surface area contributed by atoms with E-state index in [1.165, 1.54) is 55.5 Å². The fourth-order valence-electron chi connectivity index (χ4n) is 10.1. The van der Waals surface area contributed by atoms with Crippen molar-refractivity contribution in [2.75, 3.05) is 4.90 Å². The summed E-state index contributed by atoms with van der Waals surface area (Å²) < 4.78 is 13.0. The maximum Gasteiger partial charge on any atom is 0.137 e. The summed E-state index contributed by atoms with van der Waals surface area (Å²) in [5.74, 6) is 0.275. The zero-order chi connectivity index (χ0) is 40.3. The molecule has 1 atom stereocenters. The van der Waals surface area contributed by atoms with Crippen LogP contribution in [0.1, 0.15) is 29.0 Å². The molecule has 0 radical (unpaired) electrons. The van der Waals surface area contributed by atoms with E-state index in [0.29, 0.717) is 0 Å². The number of hydrogen-bond acceptors (Lipinski definition) is 3. The van der Waals surface area contributed by atoms with E-state index in [9.17, 15) is 0 Å². The predicted octanol–water partition coefficient (Wildman–Crippen LogP) is 16.2. The number of aryl methyl sites for hydroxylation is 1. The Kier molecular flexibility index (Phi) is 8.45. The number of hydrogen-bond donors (Lipinski definition) is 0. The summed E-state index contributed by atoms with van der Waals surface area (Å²) in [7, 11) is 0. The number of nitrogens with zero attached hydrogens (tertiary/aromatic N) is 1. The molecule has 1 aliphatic carbocycles. The molecule has 0 N–H and O–H groups in total. The van der Waals surface area contributed by atoms with Gasteiger partial charge in [-0.15, -0.1) is 0 Å². The third-order valence-corrected chi connectivity index (χ3v) is 12.8. The normalized spacial score (nSPS) is 13.7. The van der Waals surface area contributed by atoms with E-state index >= 15 is 0 Å². The van der Waals surface area contributed by atoms with Gasteiger partial charge in [0.1, 0.15) is 22.3 Å². The van der Waals surface area contributed by atoms with E-state index in [2.05, 4.69) is 199 Å². The van der Waals surface area contributed by atoms with Crippen molar-refractivity contribution in [2.24, 2.45) is 0 Å². The second kappa shape index (κ2) is 14.6. The van der Waals surface area contributed by atoms with Crippen LogP contribution in [-0.4, -0.2) is 0 Å². The highest BCUT2D eigenvalue weighted by atomic mass is 16.3. The number of furan rings is 2. The van der Waals surface area contributed by atoms with Crippen LogP contribution >= 0.6 is 0 Å². The molecule has 3 nitrogen and oxygen atoms in total. The Bertz CT molecular complexity index is 3380. The summed E-state index contributed by atoms with van der Waals surface area (Å²) in [5.41, 5.74) is 18.7. The molecule has 0 aliphatic heterocycles. The molecule has 0 saturated heterocycles. The molecule has 0 bridgehead atoms. The largest absolute Gasteiger partial charge is 0.456 e. The second-order valence-corrected chi connectivity index (χ2v) is 16.3. The summed E-state index contributed by atoms with van der Waals surface area (Å²) in [4.78, 5) is 2.33. The van der Waals surface area contributed by atoms with E-state index in [1.54, 1.807) is 0 Å². The average Bonchev–Trinajstić information content (AvgIpc) is 3.84. The smallest absolute Gasteiger partial charge is 0.137 e. The van der Waals surface area contributed by atoms with Gasteiger partial charge in [0.2, 0.25) is 0 Å². The molecular formula is C58H41NO2. The maximum absolute atomic E-state index is 6.64. The molecule has 1 aliphatic rings. The van der Waals surface area contributed by atoms with Gasteiger partial charge in [0.05, 0.1) is 0 Å². The van der Waals surface area contributed by atoms with Crippen molar-refractivity contribution in [1.29, 1.82) is 0 Å². The Hall–Kier alpha value is -7.62. The lowest BCUT2D eigenvalue weighted by atomic mass is 9.80. The van der Waals surface area contributed by atoms with Crippen molar-refractivity contribution >= 4 is 60.9 Å². The fourth-order valence-corrected chi connectivity index (χ4v) is 10.1. The van der Waals surface area contributed by atoms with Gasteiger partial charge in [0.25, 0.3) is 0 Å². The van der Waals surface area contributed by atoms with Gasteiger partial charge < -0.3 is 13.7 Å². The van der Waals surface area contributed by atoms with Crippen LogP contribution in [0, 0.1) is 0 Å². The lowest BCUT2D eigenvalue weighted by molar-refractivity contribution is 0.628. The van der Waals surface area contributed by atoms with Crippen molar-refractivity contribution in [3.63, 3.8) is 0 Å². The van der Waals surface area contributed by atoms with Crippen molar-refractivity contribution in [2.45, 2.75) is 25.2 Å². The standard InChI is InChI=1S/C58H41NO2/c1-4-15-39(16-5-1)46-23-14-24-50-55(46)41(29-30-42-36-54-58(49-22-11-13-26-52(49)61-54)57(56(42)50)40-17-6-2-7-18-40)35-38-27-31-44(32-28-38)59(43-19-8-3-9-20-43)45-33-34-48-47-21-10-12-25-51(47)60-53(48)37-45/h1-28,31-34,36-37,41H,29-30,35H2. The van der Waals surface area contributed by atoms with E-state index in [0.717, 1.165) is 74.8 Å². The molecule has 0 fully saturated rings. The molecule has 1 unspecified atom stereocenters. The third-order valence-electron chi connectivity index (χ3n) is 12.8. The Morgan fingerprint density at radius 2 is 1.02 bits per heavy atom. The first kappa shape index (κ1) is 35.3. The summed E-state index contributed by atoms with van der Waals surface area (Å²) in [6, 6.07) is 74.4. The molecule has 12 rings (SSSR count). The van der Waals surface area contributed by atoms with Gasteiger partial charge in [-0.2, -0.15) is 0 Å². The quantitative estimate of drug-likeness (QED) is 0.161. The number of benzene rings is 9. The van der Waals surface area contributed by atoms with Gasteiger partial charge in [-0.05, 0) is 124 Å². The van der Waals surface area contributed by atoms with Crippen LogP contribution in [0.15, 0.2) is 215 Å². The van der Waals surface area contributed by atoms with Gasteiger partial charge in [0, 0.05) is 50.2 Å². The minimum Gasteiger partial charge on any atom is -0.456 e. The van der Waals surface area contributed by atoms with Gasteiger partial charge >= 0.3 is 0 Å². The molecule has 11 aromatic rings. The Balaban J connectivity index is 0.987. The highest BCUT2D eigenvalue weighted by molar-refractivity contribution is 6.17. The lowest BCUT2D eigenvalue weighted by Crippen LogP contribution is -2.10. The lowest BCUT2D eigenvalue weighted by Gasteiger charge is -2.26. The second-order valence-electron chi connectivity index (χ2n) is 16.3. The van der Waals surface area contributed by atoms with Crippen LogP contribution in [0.2, 0.25) is 0 Å². The van der Waals surface area contributed by atoms with Crippen LogP contribution in [-0.2, 0) is 12.8 Å². The Morgan fingerprint density at radius 3 is 1.79 bits per heavy atom. The number of para-hydroxylation sites is 3. The van der Waals surface area contributed by atoms with Crippen molar-refractivity contribution < 1.29 is 8.83 Å². The van der Waals surface area contributed by atoms with Crippen LogP contribution < -0.4 is 4.90 Å². The van der Waals surface area contributed by atoms with Crippen LogP contribution in [0.4, 0.5) is 17.1 Å². The summed E-state index contributed by atoms with van der Waals surface area (Å²) in [5, 5.41) is 4.61.